The van der Waals surface area contributed by atoms with Crippen LogP contribution < -0.4 is 0 Å². The highest BCUT2D eigenvalue weighted by Crippen LogP contribution is 2.36. The van der Waals surface area contributed by atoms with Crippen LogP contribution >= 0.6 is 0 Å². The van der Waals surface area contributed by atoms with Gasteiger partial charge in [0.15, 0.2) is 0 Å². The van der Waals surface area contributed by atoms with Crippen LogP contribution in [-0.2, 0) is 6.42 Å². The van der Waals surface area contributed by atoms with E-state index in [1.54, 1.807) is 0 Å². The molecule has 0 heterocycles. The van der Waals surface area contributed by atoms with Crippen molar-refractivity contribution < 1.29 is 5.11 Å². The average Bonchev–Trinajstić information content (AvgIpc) is 2.40. The Morgan fingerprint density at radius 1 is 1.42 bits per heavy atom. The van der Waals surface area contributed by atoms with Gasteiger partial charge in [0.1, 0.15) is 0 Å². The van der Waals surface area contributed by atoms with Crippen molar-refractivity contribution in [1.29, 1.82) is 0 Å². The first-order valence-corrected chi connectivity index (χ1v) is 4.51. The number of aliphatic hydroxyl groups is 1. The van der Waals surface area contributed by atoms with E-state index in [1.165, 1.54) is 11.1 Å². The second-order valence-corrected chi connectivity index (χ2v) is 3.67. The molecule has 12 heavy (non-hydrogen) atoms. The highest BCUT2D eigenvalue weighted by molar-refractivity contribution is 5.35. The molecule has 0 saturated carbocycles. The predicted molar refractivity (Wildman–Crippen MR) is 49.1 cm³/mol. The maximum absolute atomic E-state index is 9.18. The summed E-state index contributed by atoms with van der Waals surface area (Å²) in [5.74, 6) is 0.980. The van der Waals surface area contributed by atoms with Gasteiger partial charge in [-0.1, -0.05) is 31.2 Å². The molecule has 0 radical (unpaired) electrons. The van der Waals surface area contributed by atoms with E-state index in [2.05, 4.69) is 31.2 Å². The van der Waals surface area contributed by atoms with Gasteiger partial charge in [-0.2, -0.15) is 0 Å². The SMILES string of the molecule is CC1Cc2ccccc2[C@H]1CO. The maximum Gasteiger partial charge on any atom is 0.0502 e. The van der Waals surface area contributed by atoms with Gasteiger partial charge in [0.2, 0.25) is 0 Å². The molecule has 0 aromatic heterocycles. The standard InChI is InChI=1S/C11H14O/c1-8-6-9-4-2-3-5-10(9)11(8)7-12/h2-5,8,11-12H,6-7H2,1H3/t8?,11-/m0/s1. The van der Waals surface area contributed by atoms with Crippen molar-refractivity contribution in [3.63, 3.8) is 0 Å². The predicted octanol–water partition coefficient (Wildman–Crippen LogP) is 1.95. The van der Waals surface area contributed by atoms with E-state index in [0.29, 0.717) is 11.8 Å². The fraction of sp³-hybridized carbons (Fsp3) is 0.455. The Kier molecular flexibility index (Phi) is 1.89. The Morgan fingerprint density at radius 2 is 2.17 bits per heavy atom. The average molecular weight is 162 g/mol. The first kappa shape index (κ1) is 7.81. The molecule has 1 aliphatic carbocycles. The summed E-state index contributed by atoms with van der Waals surface area (Å²) in [7, 11) is 0. The molecule has 0 amide bonds. The van der Waals surface area contributed by atoms with Gasteiger partial charge in [-0.05, 0) is 23.5 Å². The molecular formula is C11H14O. The lowest BCUT2D eigenvalue weighted by Gasteiger charge is -2.12. The van der Waals surface area contributed by atoms with Gasteiger partial charge in [-0.25, -0.2) is 0 Å². The van der Waals surface area contributed by atoms with E-state index in [9.17, 15) is 5.11 Å². The minimum atomic E-state index is 0.290. The topological polar surface area (TPSA) is 20.2 Å². The number of fused-ring (bicyclic) bond motifs is 1. The molecule has 0 spiro atoms. The monoisotopic (exact) mass is 162 g/mol. The Morgan fingerprint density at radius 3 is 2.92 bits per heavy atom. The zero-order valence-electron chi connectivity index (χ0n) is 7.33. The first-order valence-electron chi connectivity index (χ1n) is 4.51. The number of rotatable bonds is 1. The Bertz CT molecular complexity index is 280. The minimum absolute atomic E-state index is 0.290. The Balaban J connectivity index is 2.40. The van der Waals surface area contributed by atoms with Crippen molar-refractivity contribution in [2.45, 2.75) is 19.3 Å². The van der Waals surface area contributed by atoms with Crippen LogP contribution in [0.3, 0.4) is 0 Å². The Hall–Kier alpha value is -0.820. The molecule has 0 bridgehead atoms. The highest BCUT2D eigenvalue weighted by atomic mass is 16.3. The molecule has 1 aromatic carbocycles. The van der Waals surface area contributed by atoms with Gasteiger partial charge in [0, 0.05) is 5.92 Å². The van der Waals surface area contributed by atoms with Crippen molar-refractivity contribution in [1.82, 2.24) is 0 Å². The summed E-state index contributed by atoms with van der Waals surface area (Å²) in [5.41, 5.74) is 2.77. The molecule has 0 fully saturated rings. The molecule has 1 aromatic rings. The molecule has 64 valence electrons. The zero-order valence-corrected chi connectivity index (χ0v) is 7.33. The highest BCUT2D eigenvalue weighted by Gasteiger charge is 2.27. The number of aliphatic hydroxyl groups excluding tert-OH is 1. The van der Waals surface area contributed by atoms with E-state index in [1.807, 2.05) is 0 Å². The summed E-state index contributed by atoms with van der Waals surface area (Å²) < 4.78 is 0. The summed E-state index contributed by atoms with van der Waals surface area (Å²) >= 11 is 0. The van der Waals surface area contributed by atoms with Crippen molar-refractivity contribution in [2.24, 2.45) is 5.92 Å². The lowest BCUT2D eigenvalue weighted by Crippen LogP contribution is -2.07. The largest absolute Gasteiger partial charge is 0.396 e. The van der Waals surface area contributed by atoms with Crippen molar-refractivity contribution >= 4 is 0 Å². The lowest BCUT2D eigenvalue weighted by molar-refractivity contribution is 0.240. The Labute approximate surface area is 73.0 Å². The third-order valence-corrected chi connectivity index (χ3v) is 2.88. The summed E-state index contributed by atoms with van der Waals surface area (Å²) in [6, 6.07) is 8.44. The minimum Gasteiger partial charge on any atom is -0.396 e. The van der Waals surface area contributed by atoms with Gasteiger partial charge < -0.3 is 5.11 Å². The molecule has 2 rings (SSSR count). The van der Waals surface area contributed by atoms with E-state index in [0.717, 1.165) is 6.42 Å². The van der Waals surface area contributed by atoms with Crippen LogP contribution in [0, 0.1) is 5.92 Å². The number of hydrogen-bond donors (Lipinski definition) is 1. The number of benzene rings is 1. The molecule has 2 atom stereocenters. The van der Waals surface area contributed by atoms with E-state index >= 15 is 0 Å². The van der Waals surface area contributed by atoms with Gasteiger partial charge in [0.05, 0.1) is 6.61 Å². The third-order valence-electron chi connectivity index (χ3n) is 2.88. The van der Waals surface area contributed by atoms with E-state index in [-0.39, 0.29) is 6.61 Å². The lowest BCUT2D eigenvalue weighted by atomic mass is 9.95. The normalized spacial score (nSPS) is 27.2. The summed E-state index contributed by atoms with van der Waals surface area (Å²) in [5, 5.41) is 9.18. The van der Waals surface area contributed by atoms with Gasteiger partial charge >= 0.3 is 0 Å². The second kappa shape index (κ2) is 2.91. The molecule has 1 N–H and O–H groups in total. The van der Waals surface area contributed by atoms with Crippen LogP contribution in [0.2, 0.25) is 0 Å². The van der Waals surface area contributed by atoms with E-state index in [4.69, 9.17) is 0 Å². The molecule has 1 unspecified atom stereocenters. The van der Waals surface area contributed by atoms with Crippen LogP contribution in [0.4, 0.5) is 0 Å². The van der Waals surface area contributed by atoms with E-state index < -0.39 is 0 Å². The molecule has 1 aliphatic rings. The first-order chi connectivity index (χ1) is 5.83. The second-order valence-electron chi connectivity index (χ2n) is 3.67. The van der Waals surface area contributed by atoms with Crippen molar-refractivity contribution in [3.05, 3.63) is 35.4 Å². The summed E-state index contributed by atoms with van der Waals surface area (Å²) in [6.07, 6.45) is 1.13. The fourth-order valence-electron chi connectivity index (χ4n) is 2.16. The summed E-state index contributed by atoms with van der Waals surface area (Å²) in [4.78, 5) is 0. The van der Waals surface area contributed by atoms with Crippen LogP contribution in [0.5, 0.6) is 0 Å². The van der Waals surface area contributed by atoms with Crippen LogP contribution in [0.15, 0.2) is 24.3 Å². The zero-order chi connectivity index (χ0) is 8.55. The third kappa shape index (κ3) is 1.05. The molecule has 0 aliphatic heterocycles. The van der Waals surface area contributed by atoms with Crippen molar-refractivity contribution in [2.75, 3.05) is 6.61 Å². The quantitative estimate of drug-likeness (QED) is 0.669. The number of hydrogen-bond acceptors (Lipinski definition) is 1. The molecular weight excluding hydrogens is 148 g/mol. The van der Waals surface area contributed by atoms with Crippen LogP contribution in [-0.4, -0.2) is 11.7 Å². The molecule has 1 nitrogen and oxygen atoms in total. The molecule has 0 saturated heterocycles. The van der Waals surface area contributed by atoms with Gasteiger partial charge in [0.25, 0.3) is 0 Å². The van der Waals surface area contributed by atoms with Crippen LogP contribution in [0.25, 0.3) is 0 Å². The molecule has 1 heteroatoms. The van der Waals surface area contributed by atoms with Crippen molar-refractivity contribution in [3.8, 4) is 0 Å². The maximum atomic E-state index is 9.18. The fourth-order valence-corrected chi connectivity index (χ4v) is 2.16. The van der Waals surface area contributed by atoms with Crippen LogP contribution in [0.1, 0.15) is 24.0 Å². The summed E-state index contributed by atoms with van der Waals surface area (Å²) in [6.45, 7) is 2.50. The van der Waals surface area contributed by atoms with Gasteiger partial charge in [-0.3, -0.25) is 0 Å². The van der Waals surface area contributed by atoms with Gasteiger partial charge in [-0.15, -0.1) is 0 Å². The smallest absolute Gasteiger partial charge is 0.0502 e.